The minimum atomic E-state index is -5.23. The number of benzene rings is 2. The van der Waals surface area contributed by atoms with Gasteiger partial charge in [0.2, 0.25) is 5.78 Å². The van der Waals surface area contributed by atoms with E-state index in [1.54, 1.807) is 0 Å². The van der Waals surface area contributed by atoms with Gasteiger partial charge in [-0.1, -0.05) is 12.1 Å². The molecule has 3 N–H and O–H groups in total. The minimum Gasteiger partial charge on any atom is -0.478 e. The summed E-state index contributed by atoms with van der Waals surface area (Å²) >= 11 is 0. The second-order valence-electron chi connectivity index (χ2n) is 5.56. The number of carboxylic acids is 1. The normalized spacial score (nSPS) is 13.4. The van der Waals surface area contributed by atoms with Crippen molar-refractivity contribution in [2.45, 2.75) is 0 Å². The first-order valence-corrected chi connectivity index (χ1v) is 9.99. The van der Waals surface area contributed by atoms with Gasteiger partial charge in [0.15, 0.2) is 17.3 Å². The Bertz CT molecular complexity index is 1310. The fourth-order valence-electron chi connectivity index (χ4n) is 2.74. The van der Waals surface area contributed by atoms with Crippen molar-refractivity contribution in [2.24, 2.45) is 0 Å². The molecule has 0 heterocycles. The zero-order valence-corrected chi connectivity index (χ0v) is 15.4. The standard InChI is InChI=1S/C15H8O12S2/c16-13-7-2-1-3-9(26-28(20,21)22)11(7)14(17)12-8(13)4-6(15(18)19)5-10(12)27-29(23,24)25/h1-5H,(H,18,19)(H,20,21,22)(H,23,24,25). The van der Waals surface area contributed by atoms with Gasteiger partial charge in [0.05, 0.1) is 16.7 Å². The van der Waals surface area contributed by atoms with E-state index in [9.17, 15) is 31.2 Å². The molecule has 0 saturated carbocycles. The van der Waals surface area contributed by atoms with Crippen LogP contribution in [0.15, 0.2) is 30.3 Å². The molecule has 0 saturated heterocycles. The van der Waals surface area contributed by atoms with Crippen LogP contribution in [0.1, 0.15) is 42.2 Å². The molecule has 0 unspecified atom stereocenters. The molecule has 0 radical (unpaired) electrons. The maximum absolute atomic E-state index is 12.9. The van der Waals surface area contributed by atoms with E-state index in [4.69, 9.17) is 14.2 Å². The van der Waals surface area contributed by atoms with Gasteiger partial charge in [-0.25, -0.2) is 4.79 Å². The first-order valence-electron chi connectivity index (χ1n) is 7.26. The number of rotatable bonds is 5. The van der Waals surface area contributed by atoms with Crippen LogP contribution < -0.4 is 8.37 Å². The fraction of sp³-hybridized carbons (Fsp3) is 0. The van der Waals surface area contributed by atoms with Crippen molar-refractivity contribution < 1.29 is 53.8 Å². The SMILES string of the molecule is O=C(O)c1cc(OS(=O)(=O)O)c2c(c1)C(=O)c1cccc(OS(=O)(=O)O)c1C2=O. The summed E-state index contributed by atoms with van der Waals surface area (Å²) < 4.78 is 70.6. The van der Waals surface area contributed by atoms with Crippen LogP contribution in [0.25, 0.3) is 0 Å². The van der Waals surface area contributed by atoms with Gasteiger partial charge in [-0.05, 0) is 18.2 Å². The molecule has 14 heteroatoms. The number of hydrogen-bond donors (Lipinski definition) is 3. The van der Waals surface area contributed by atoms with Crippen LogP contribution in [0.2, 0.25) is 0 Å². The summed E-state index contributed by atoms with van der Waals surface area (Å²) in [6.07, 6.45) is 0. The quantitative estimate of drug-likeness (QED) is 0.462. The fourth-order valence-corrected chi connectivity index (χ4v) is 3.46. The van der Waals surface area contributed by atoms with Gasteiger partial charge in [0.1, 0.15) is 0 Å². The average molecular weight is 444 g/mol. The van der Waals surface area contributed by atoms with Crippen LogP contribution >= 0.6 is 0 Å². The Kier molecular flexibility index (Phi) is 4.66. The third-order valence-electron chi connectivity index (χ3n) is 3.71. The van der Waals surface area contributed by atoms with E-state index < -0.39 is 77.7 Å². The molecule has 0 atom stereocenters. The van der Waals surface area contributed by atoms with Gasteiger partial charge >= 0.3 is 26.8 Å². The van der Waals surface area contributed by atoms with E-state index in [0.29, 0.717) is 6.07 Å². The summed E-state index contributed by atoms with van der Waals surface area (Å²) in [5, 5.41) is 9.15. The first-order chi connectivity index (χ1) is 13.3. The molecule has 0 aliphatic heterocycles. The molecule has 0 spiro atoms. The smallest absolute Gasteiger partial charge is 0.446 e. The lowest BCUT2D eigenvalue weighted by Gasteiger charge is -2.21. The Morgan fingerprint density at radius 2 is 1.34 bits per heavy atom. The lowest BCUT2D eigenvalue weighted by molar-refractivity contribution is 0.0695. The molecule has 29 heavy (non-hydrogen) atoms. The molecular formula is C15H8O12S2. The molecule has 3 rings (SSSR count). The lowest BCUT2D eigenvalue weighted by Crippen LogP contribution is -2.25. The Labute approximate surface area is 162 Å². The van der Waals surface area contributed by atoms with E-state index in [2.05, 4.69) is 8.37 Å². The van der Waals surface area contributed by atoms with Crippen molar-refractivity contribution >= 4 is 38.3 Å². The highest BCUT2D eigenvalue weighted by molar-refractivity contribution is 7.81. The van der Waals surface area contributed by atoms with Crippen molar-refractivity contribution in [1.29, 1.82) is 0 Å². The second kappa shape index (κ2) is 6.63. The monoisotopic (exact) mass is 444 g/mol. The maximum Gasteiger partial charge on any atom is 0.446 e. The summed E-state index contributed by atoms with van der Waals surface area (Å²) in [6.45, 7) is 0. The molecule has 2 aromatic rings. The third kappa shape index (κ3) is 3.95. The number of aromatic carboxylic acids is 1. The molecule has 2 aromatic carbocycles. The number of hydrogen-bond acceptors (Lipinski definition) is 9. The highest BCUT2D eigenvalue weighted by atomic mass is 32.3. The van der Waals surface area contributed by atoms with Gasteiger partial charge < -0.3 is 13.5 Å². The topological polar surface area (TPSA) is 199 Å². The van der Waals surface area contributed by atoms with Gasteiger partial charge in [-0.15, -0.1) is 0 Å². The summed E-state index contributed by atoms with van der Waals surface area (Å²) in [7, 11) is -10.3. The van der Waals surface area contributed by atoms with E-state index in [1.165, 1.54) is 0 Å². The van der Waals surface area contributed by atoms with Crippen molar-refractivity contribution in [1.82, 2.24) is 0 Å². The highest BCUT2D eigenvalue weighted by Gasteiger charge is 2.37. The van der Waals surface area contributed by atoms with Crippen molar-refractivity contribution in [3.63, 3.8) is 0 Å². The zero-order chi connectivity index (χ0) is 21.7. The zero-order valence-electron chi connectivity index (χ0n) is 13.7. The number of fused-ring (bicyclic) bond motifs is 2. The molecule has 0 fully saturated rings. The van der Waals surface area contributed by atoms with Crippen molar-refractivity contribution in [3.8, 4) is 11.5 Å². The largest absolute Gasteiger partial charge is 0.478 e. The predicted molar refractivity (Wildman–Crippen MR) is 91.1 cm³/mol. The molecule has 0 amide bonds. The lowest BCUT2D eigenvalue weighted by atomic mass is 9.82. The Hall–Kier alpha value is -3.33. The predicted octanol–water partition coefficient (Wildman–Crippen LogP) is 0.523. The summed E-state index contributed by atoms with van der Waals surface area (Å²) in [5.74, 6) is -5.48. The molecule has 1 aliphatic carbocycles. The Morgan fingerprint density at radius 3 is 1.90 bits per heavy atom. The highest BCUT2D eigenvalue weighted by Crippen LogP contribution is 2.38. The van der Waals surface area contributed by atoms with Crippen LogP contribution in [0, 0.1) is 0 Å². The van der Waals surface area contributed by atoms with Gasteiger partial charge in [-0.2, -0.15) is 16.8 Å². The molecule has 1 aliphatic rings. The number of carboxylic acid groups (broad SMARTS) is 1. The van der Waals surface area contributed by atoms with Crippen LogP contribution in [0.4, 0.5) is 0 Å². The van der Waals surface area contributed by atoms with Crippen LogP contribution in [0.3, 0.4) is 0 Å². The minimum absolute atomic E-state index is 0.399. The van der Waals surface area contributed by atoms with E-state index >= 15 is 0 Å². The summed E-state index contributed by atoms with van der Waals surface area (Å²) in [5.41, 5.74) is -2.99. The summed E-state index contributed by atoms with van der Waals surface area (Å²) in [4.78, 5) is 37.0. The van der Waals surface area contributed by atoms with Gasteiger partial charge in [0.25, 0.3) is 0 Å². The van der Waals surface area contributed by atoms with Crippen LogP contribution in [-0.2, 0) is 20.8 Å². The van der Waals surface area contributed by atoms with E-state index in [0.717, 1.165) is 24.3 Å². The van der Waals surface area contributed by atoms with Crippen LogP contribution in [0.5, 0.6) is 11.5 Å². The van der Waals surface area contributed by atoms with Crippen molar-refractivity contribution in [3.05, 3.63) is 58.1 Å². The molecule has 0 aromatic heterocycles. The second-order valence-corrected chi connectivity index (χ2v) is 7.61. The van der Waals surface area contributed by atoms with Crippen LogP contribution in [-0.4, -0.2) is 48.6 Å². The number of carbonyl (C=O) groups is 3. The average Bonchev–Trinajstić information content (AvgIpc) is 2.56. The van der Waals surface area contributed by atoms with Gasteiger partial charge in [-0.3, -0.25) is 18.7 Å². The van der Waals surface area contributed by atoms with Gasteiger partial charge in [0, 0.05) is 11.1 Å². The molecule has 0 bridgehead atoms. The number of carbonyl (C=O) groups excluding carboxylic acids is 2. The maximum atomic E-state index is 12.9. The van der Waals surface area contributed by atoms with E-state index in [1.807, 2.05) is 0 Å². The Balaban J connectivity index is 2.34. The Morgan fingerprint density at radius 1 is 0.793 bits per heavy atom. The number of ketones is 2. The summed E-state index contributed by atoms with van der Waals surface area (Å²) in [6, 6.07) is 4.54. The molecule has 12 nitrogen and oxygen atoms in total. The third-order valence-corrected chi connectivity index (χ3v) is 4.49. The van der Waals surface area contributed by atoms with Crippen molar-refractivity contribution in [2.75, 3.05) is 0 Å². The van der Waals surface area contributed by atoms with E-state index in [-0.39, 0.29) is 0 Å². The first kappa shape index (κ1) is 20.4. The molecular weight excluding hydrogens is 436 g/mol. The molecule has 152 valence electrons.